The zero-order valence-corrected chi connectivity index (χ0v) is 11.2. The number of rotatable bonds is 2. The second-order valence-corrected chi connectivity index (χ2v) is 4.93. The molecule has 104 valence electrons. The highest BCUT2D eigenvalue weighted by molar-refractivity contribution is 5.97. The Bertz CT molecular complexity index is 492. The van der Waals surface area contributed by atoms with Crippen LogP contribution in [-0.2, 0) is 0 Å². The molecule has 1 saturated heterocycles. The second-order valence-electron chi connectivity index (χ2n) is 4.93. The van der Waals surface area contributed by atoms with Crippen LogP contribution in [0.15, 0.2) is 23.4 Å². The highest BCUT2D eigenvalue weighted by Gasteiger charge is 2.22. The number of amidine groups is 1. The summed E-state index contributed by atoms with van der Waals surface area (Å²) >= 11 is 0. The van der Waals surface area contributed by atoms with E-state index in [0.29, 0.717) is 17.3 Å². The van der Waals surface area contributed by atoms with Gasteiger partial charge in [0.05, 0.1) is 5.69 Å². The van der Waals surface area contributed by atoms with Crippen molar-refractivity contribution in [3.63, 3.8) is 0 Å². The van der Waals surface area contributed by atoms with E-state index in [9.17, 15) is 4.39 Å². The molecule has 1 atom stereocenters. The normalized spacial score (nSPS) is 21.7. The average molecular weight is 266 g/mol. The van der Waals surface area contributed by atoms with Crippen molar-refractivity contribution in [3.8, 4) is 0 Å². The molecule has 0 spiro atoms. The van der Waals surface area contributed by atoms with Gasteiger partial charge in [-0.2, -0.15) is 0 Å². The number of hydrogen-bond donors (Lipinski definition) is 2. The van der Waals surface area contributed by atoms with Gasteiger partial charge in [-0.15, -0.1) is 0 Å². The van der Waals surface area contributed by atoms with Gasteiger partial charge in [-0.3, -0.25) is 0 Å². The first-order valence-electron chi connectivity index (χ1n) is 6.25. The van der Waals surface area contributed by atoms with Crippen molar-refractivity contribution in [3.05, 3.63) is 29.6 Å². The number of benzene rings is 1. The number of halogens is 1. The molecule has 0 saturated carbocycles. The molecular formula is C13H19FN4O. The summed E-state index contributed by atoms with van der Waals surface area (Å²) in [7, 11) is 2.07. The fraction of sp³-hybridized carbons (Fsp3) is 0.462. The minimum atomic E-state index is -0.346. The molecule has 0 amide bonds. The van der Waals surface area contributed by atoms with Gasteiger partial charge in [0, 0.05) is 31.2 Å². The van der Waals surface area contributed by atoms with Crippen LogP contribution in [0.5, 0.6) is 0 Å². The van der Waals surface area contributed by atoms with Crippen LogP contribution in [0.1, 0.15) is 12.5 Å². The minimum absolute atomic E-state index is 0.0859. The molecule has 1 heterocycles. The number of nitrogens with two attached hydrogens (primary N) is 1. The smallest absolute Gasteiger partial charge is 0.170 e. The number of piperazine rings is 1. The second kappa shape index (κ2) is 5.44. The molecule has 5 nitrogen and oxygen atoms in total. The van der Waals surface area contributed by atoms with Crippen molar-refractivity contribution in [1.29, 1.82) is 0 Å². The van der Waals surface area contributed by atoms with E-state index in [0.717, 1.165) is 19.6 Å². The first-order chi connectivity index (χ1) is 9.02. The predicted octanol–water partition coefficient (Wildman–Crippen LogP) is 1.06. The van der Waals surface area contributed by atoms with Crippen molar-refractivity contribution in [2.45, 2.75) is 13.0 Å². The lowest BCUT2D eigenvalue weighted by atomic mass is 10.1. The fourth-order valence-corrected chi connectivity index (χ4v) is 2.25. The summed E-state index contributed by atoms with van der Waals surface area (Å²) in [4.78, 5) is 4.27. The molecule has 3 N–H and O–H groups in total. The number of oxime groups is 1. The van der Waals surface area contributed by atoms with Crippen LogP contribution in [0.4, 0.5) is 10.1 Å². The van der Waals surface area contributed by atoms with Crippen molar-refractivity contribution in [2.75, 3.05) is 31.6 Å². The molecule has 1 aromatic rings. The summed E-state index contributed by atoms with van der Waals surface area (Å²) in [5.41, 5.74) is 6.39. The molecule has 0 radical (unpaired) electrons. The van der Waals surface area contributed by atoms with E-state index in [-0.39, 0.29) is 11.7 Å². The molecule has 1 aliphatic heterocycles. The fourth-order valence-electron chi connectivity index (χ4n) is 2.25. The van der Waals surface area contributed by atoms with Crippen LogP contribution < -0.4 is 10.6 Å². The van der Waals surface area contributed by atoms with E-state index >= 15 is 0 Å². The molecular weight excluding hydrogens is 247 g/mol. The van der Waals surface area contributed by atoms with E-state index in [1.54, 1.807) is 12.1 Å². The molecule has 0 bridgehead atoms. The Morgan fingerprint density at radius 1 is 1.47 bits per heavy atom. The zero-order valence-electron chi connectivity index (χ0n) is 11.2. The van der Waals surface area contributed by atoms with Crippen molar-refractivity contribution in [2.24, 2.45) is 10.9 Å². The predicted molar refractivity (Wildman–Crippen MR) is 73.2 cm³/mol. The highest BCUT2D eigenvalue weighted by Crippen LogP contribution is 2.23. The van der Waals surface area contributed by atoms with Crippen molar-refractivity contribution < 1.29 is 9.60 Å². The summed E-state index contributed by atoms with van der Waals surface area (Å²) in [5, 5.41) is 11.5. The Morgan fingerprint density at radius 3 is 2.79 bits per heavy atom. The van der Waals surface area contributed by atoms with Gasteiger partial charge in [-0.1, -0.05) is 5.16 Å². The Balaban J connectivity index is 2.22. The molecule has 6 heteroatoms. The van der Waals surface area contributed by atoms with Gasteiger partial charge in [-0.25, -0.2) is 4.39 Å². The Kier molecular flexibility index (Phi) is 3.90. The maximum Gasteiger partial charge on any atom is 0.170 e. The highest BCUT2D eigenvalue weighted by atomic mass is 19.1. The van der Waals surface area contributed by atoms with Crippen molar-refractivity contribution >= 4 is 11.5 Å². The number of nitrogens with zero attached hydrogens (tertiary/aromatic N) is 3. The van der Waals surface area contributed by atoms with Gasteiger partial charge in [-0.05, 0) is 32.2 Å². The third-order valence-electron chi connectivity index (χ3n) is 3.65. The van der Waals surface area contributed by atoms with Gasteiger partial charge in [0.2, 0.25) is 0 Å². The van der Waals surface area contributed by atoms with Gasteiger partial charge >= 0.3 is 0 Å². The summed E-state index contributed by atoms with van der Waals surface area (Å²) in [6.45, 7) is 4.61. The summed E-state index contributed by atoms with van der Waals surface area (Å²) in [6.07, 6.45) is 0. The molecule has 1 unspecified atom stereocenters. The average Bonchev–Trinajstić information content (AvgIpc) is 2.41. The third-order valence-corrected chi connectivity index (χ3v) is 3.65. The first kappa shape index (κ1) is 13.6. The van der Waals surface area contributed by atoms with E-state index in [4.69, 9.17) is 10.9 Å². The number of anilines is 1. The molecule has 1 aromatic carbocycles. The van der Waals surface area contributed by atoms with E-state index in [2.05, 4.69) is 24.0 Å². The van der Waals surface area contributed by atoms with Crippen molar-refractivity contribution in [1.82, 2.24) is 4.90 Å². The molecule has 1 aliphatic rings. The van der Waals surface area contributed by atoms with Crippen LogP contribution >= 0.6 is 0 Å². The van der Waals surface area contributed by atoms with Crippen LogP contribution in [0, 0.1) is 5.82 Å². The topological polar surface area (TPSA) is 65.1 Å². The largest absolute Gasteiger partial charge is 0.409 e. The van der Waals surface area contributed by atoms with Crippen LogP contribution in [0.25, 0.3) is 0 Å². The van der Waals surface area contributed by atoms with Gasteiger partial charge in [0.25, 0.3) is 0 Å². The maximum atomic E-state index is 14.1. The van der Waals surface area contributed by atoms with E-state index in [1.165, 1.54) is 6.07 Å². The first-order valence-corrected chi connectivity index (χ1v) is 6.25. The molecule has 19 heavy (non-hydrogen) atoms. The molecule has 0 aliphatic carbocycles. The van der Waals surface area contributed by atoms with Crippen LogP contribution in [0.3, 0.4) is 0 Å². The van der Waals surface area contributed by atoms with Gasteiger partial charge < -0.3 is 20.7 Å². The standard InChI is InChI=1S/C13H19FN4O/c1-9-8-18(6-5-17(9)2)12-4-3-10(7-11(12)14)13(15)16-19/h3-4,7,9,19H,5-6,8H2,1-2H3,(H2,15,16). The van der Waals surface area contributed by atoms with Gasteiger partial charge in [0.1, 0.15) is 5.82 Å². The zero-order chi connectivity index (χ0) is 14.0. The SMILES string of the molecule is CC1CN(c2ccc(C(N)=NO)cc2F)CCN1C. The summed E-state index contributed by atoms with van der Waals surface area (Å²) in [5.74, 6) is -0.432. The quantitative estimate of drug-likeness (QED) is 0.363. The van der Waals surface area contributed by atoms with Crippen LogP contribution in [0.2, 0.25) is 0 Å². The van der Waals surface area contributed by atoms with Gasteiger partial charge in [0.15, 0.2) is 5.84 Å². The monoisotopic (exact) mass is 266 g/mol. The van der Waals surface area contributed by atoms with E-state index in [1.807, 2.05) is 4.90 Å². The maximum absolute atomic E-state index is 14.1. The Labute approximate surface area is 112 Å². The molecule has 1 fully saturated rings. The summed E-state index contributed by atoms with van der Waals surface area (Å²) in [6, 6.07) is 5.03. The number of likely N-dealkylation sites (N-methyl/N-ethyl adjacent to an activating group) is 1. The molecule has 2 rings (SSSR count). The Morgan fingerprint density at radius 2 is 2.21 bits per heavy atom. The summed E-state index contributed by atoms with van der Waals surface area (Å²) < 4.78 is 14.1. The molecule has 0 aromatic heterocycles. The van der Waals surface area contributed by atoms with Crippen LogP contribution in [-0.4, -0.2) is 48.7 Å². The third kappa shape index (κ3) is 2.78. The lowest BCUT2D eigenvalue weighted by Crippen LogP contribution is -2.50. The minimum Gasteiger partial charge on any atom is -0.409 e. The number of hydrogen-bond acceptors (Lipinski definition) is 4. The lowest BCUT2D eigenvalue weighted by Gasteiger charge is -2.39. The van der Waals surface area contributed by atoms with E-state index < -0.39 is 0 Å². The Hall–Kier alpha value is -1.82. The lowest BCUT2D eigenvalue weighted by molar-refractivity contribution is 0.233.